The van der Waals surface area contributed by atoms with Crippen LogP contribution in [-0.4, -0.2) is 22.9 Å². The molecular weight excluding hydrogens is 323 g/mol. The third-order valence-corrected chi connectivity index (χ3v) is 3.89. The predicted molar refractivity (Wildman–Crippen MR) is 93.2 cm³/mol. The van der Waals surface area contributed by atoms with Crippen molar-refractivity contribution in [3.05, 3.63) is 71.0 Å². The van der Waals surface area contributed by atoms with Crippen LogP contribution in [0.2, 0.25) is 0 Å². The summed E-state index contributed by atoms with van der Waals surface area (Å²) in [7, 11) is 0. The van der Waals surface area contributed by atoms with Crippen LogP contribution >= 0.6 is 0 Å². The van der Waals surface area contributed by atoms with Gasteiger partial charge in [0.15, 0.2) is 0 Å². The fourth-order valence-corrected chi connectivity index (χ4v) is 2.55. The van der Waals surface area contributed by atoms with E-state index in [1.165, 1.54) is 12.1 Å². The Bertz CT molecular complexity index is 680. The predicted octanol–water partition coefficient (Wildman–Crippen LogP) is 2.63. The minimum absolute atomic E-state index is 0.0617. The number of amides is 2. The van der Waals surface area contributed by atoms with Crippen molar-refractivity contribution < 1.29 is 19.4 Å². The summed E-state index contributed by atoms with van der Waals surface area (Å²) in [5.74, 6) is -0.469. The monoisotopic (exact) mass is 346 g/mol. The average Bonchev–Trinajstić information content (AvgIpc) is 2.65. The maximum absolute atomic E-state index is 13.4. The van der Waals surface area contributed by atoms with Crippen LogP contribution in [0.1, 0.15) is 35.6 Å². The fourth-order valence-electron chi connectivity index (χ4n) is 2.55. The highest BCUT2D eigenvalue weighted by Gasteiger charge is 2.14. The molecule has 2 amide bonds. The molecule has 1 atom stereocenters. The first kappa shape index (κ1) is 18.9. The second-order valence-electron chi connectivity index (χ2n) is 5.74. The topological polar surface area (TPSA) is 81.6 Å². The molecule has 2 rings (SSSR count). The number of hydrogen-bond donors (Lipinski definition) is 4. The highest BCUT2D eigenvalue weighted by atomic mass is 19.1. The van der Waals surface area contributed by atoms with E-state index in [1.54, 1.807) is 6.07 Å². The van der Waals surface area contributed by atoms with Crippen molar-refractivity contribution in [1.82, 2.24) is 10.6 Å². The number of aliphatic hydroxyl groups is 2. The molecule has 2 aromatic carbocycles. The first-order chi connectivity index (χ1) is 12.1. The van der Waals surface area contributed by atoms with E-state index in [2.05, 4.69) is 10.6 Å². The Morgan fingerprint density at radius 1 is 1.12 bits per heavy atom. The number of hydrogen-bond acceptors (Lipinski definition) is 3. The molecule has 6 heteroatoms. The first-order valence-electron chi connectivity index (χ1n) is 8.22. The molecular formula is C19H23FN2O3. The number of urea groups is 1. The molecule has 25 heavy (non-hydrogen) atoms. The number of nitrogens with one attached hydrogen (secondary N) is 2. The Morgan fingerprint density at radius 2 is 1.88 bits per heavy atom. The molecule has 0 radical (unpaired) electrons. The van der Waals surface area contributed by atoms with Gasteiger partial charge in [-0.05, 0) is 36.1 Å². The molecule has 0 spiro atoms. The lowest BCUT2D eigenvalue weighted by atomic mass is 10.0. The standard InChI is InChI=1S/C19H23FN2O3/c20-17-9-8-14(11-16(17)13-24)12-21-19(25)22-18(7-4-10-23)15-5-2-1-3-6-15/h1-3,5-6,8-9,11,18,23-24H,4,7,10,12-13H2,(H2,21,22,25). The van der Waals surface area contributed by atoms with Gasteiger partial charge < -0.3 is 20.8 Å². The number of carbonyl (C=O) groups is 1. The zero-order chi connectivity index (χ0) is 18.1. The zero-order valence-corrected chi connectivity index (χ0v) is 13.9. The third kappa shape index (κ3) is 5.85. The lowest BCUT2D eigenvalue weighted by molar-refractivity contribution is 0.232. The third-order valence-electron chi connectivity index (χ3n) is 3.89. The van der Waals surface area contributed by atoms with E-state index >= 15 is 0 Å². The smallest absolute Gasteiger partial charge is 0.315 e. The van der Waals surface area contributed by atoms with Gasteiger partial charge in [0.1, 0.15) is 5.82 Å². The quantitative estimate of drug-likeness (QED) is 0.593. The Kier molecular flexibility index (Phi) is 7.37. The number of benzene rings is 2. The van der Waals surface area contributed by atoms with Crippen LogP contribution in [0.3, 0.4) is 0 Å². The zero-order valence-electron chi connectivity index (χ0n) is 13.9. The minimum Gasteiger partial charge on any atom is -0.396 e. The summed E-state index contributed by atoms with van der Waals surface area (Å²) in [5, 5.41) is 23.8. The molecule has 0 fully saturated rings. The van der Waals surface area contributed by atoms with Crippen LogP contribution in [0.4, 0.5) is 9.18 Å². The Balaban J connectivity index is 1.94. The Hall–Kier alpha value is -2.44. The van der Waals surface area contributed by atoms with Crippen molar-refractivity contribution in [2.45, 2.75) is 32.0 Å². The summed E-state index contributed by atoms with van der Waals surface area (Å²) in [6.07, 6.45) is 1.21. The Labute approximate surface area is 146 Å². The summed E-state index contributed by atoms with van der Waals surface area (Å²) >= 11 is 0. The van der Waals surface area contributed by atoms with Crippen LogP contribution in [0.25, 0.3) is 0 Å². The molecule has 2 aromatic rings. The second-order valence-corrected chi connectivity index (χ2v) is 5.74. The van der Waals surface area contributed by atoms with E-state index in [0.717, 1.165) is 5.56 Å². The van der Waals surface area contributed by atoms with Crippen LogP contribution in [0.5, 0.6) is 0 Å². The van der Waals surface area contributed by atoms with Gasteiger partial charge in [-0.2, -0.15) is 0 Å². The largest absolute Gasteiger partial charge is 0.396 e. The maximum atomic E-state index is 13.4. The summed E-state index contributed by atoms with van der Waals surface area (Å²) in [5.41, 5.74) is 1.87. The van der Waals surface area contributed by atoms with Gasteiger partial charge in [-0.3, -0.25) is 0 Å². The normalized spacial score (nSPS) is 11.8. The number of aliphatic hydroxyl groups excluding tert-OH is 2. The van der Waals surface area contributed by atoms with Gasteiger partial charge >= 0.3 is 6.03 Å². The highest BCUT2D eigenvalue weighted by Crippen LogP contribution is 2.18. The lowest BCUT2D eigenvalue weighted by Gasteiger charge is -2.19. The van der Waals surface area contributed by atoms with Crippen molar-refractivity contribution in [3.63, 3.8) is 0 Å². The summed E-state index contributed by atoms with van der Waals surface area (Å²) < 4.78 is 13.4. The average molecular weight is 346 g/mol. The van der Waals surface area contributed by atoms with Crippen LogP contribution < -0.4 is 10.6 Å². The molecule has 0 aliphatic carbocycles. The van der Waals surface area contributed by atoms with Gasteiger partial charge in [0, 0.05) is 18.7 Å². The SMILES string of the molecule is O=C(NCc1ccc(F)c(CO)c1)NC(CCCO)c1ccccc1. The number of halogens is 1. The van der Waals surface area contributed by atoms with Crippen LogP contribution in [0.15, 0.2) is 48.5 Å². The van der Waals surface area contributed by atoms with Gasteiger partial charge in [0.25, 0.3) is 0 Å². The second kappa shape index (κ2) is 9.76. The van der Waals surface area contributed by atoms with Crippen molar-refractivity contribution in [1.29, 1.82) is 0 Å². The van der Waals surface area contributed by atoms with E-state index < -0.39 is 5.82 Å². The summed E-state index contributed by atoms with van der Waals surface area (Å²) in [6.45, 7) is -0.101. The van der Waals surface area contributed by atoms with E-state index in [9.17, 15) is 9.18 Å². The summed E-state index contributed by atoms with van der Waals surface area (Å²) in [4.78, 5) is 12.2. The van der Waals surface area contributed by atoms with Crippen LogP contribution in [-0.2, 0) is 13.2 Å². The fraction of sp³-hybridized carbons (Fsp3) is 0.316. The molecule has 4 N–H and O–H groups in total. The van der Waals surface area contributed by atoms with E-state index in [-0.39, 0.29) is 37.4 Å². The summed E-state index contributed by atoms with van der Waals surface area (Å²) in [6, 6.07) is 13.4. The van der Waals surface area contributed by atoms with Crippen molar-refractivity contribution >= 4 is 6.03 Å². The van der Waals surface area contributed by atoms with E-state index in [1.807, 2.05) is 30.3 Å². The van der Waals surface area contributed by atoms with Gasteiger partial charge in [-0.15, -0.1) is 0 Å². The molecule has 0 aromatic heterocycles. The van der Waals surface area contributed by atoms with Crippen LogP contribution in [0, 0.1) is 5.82 Å². The molecule has 1 unspecified atom stereocenters. The molecule has 0 saturated heterocycles. The van der Waals surface area contributed by atoms with Gasteiger partial charge in [0.2, 0.25) is 0 Å². The maximum Gasteiger partial charge on any atom is 0.315 e. The number of carbonyl (C=O) groups excluding carboxylic acids is 1. The highest BCUT2D eigenvalue weighted by molar-refractivity contribution is 5.74. The molecule has 134 valence electrons. The molecule has 5 nitrogen and oxygen atoms in total. The van der Waals surface area contributed by atoms with Crippen molar-refractivity contribution in [2.24, 2.45) is 0 Å². The molecule has 0 heterocycles. The van der Waals surface area contributed by atoms with Gasteiger partial charge in [0.05, 0.1) is 12.6 Å². The van der Waals surface area contributed by atoms with Gasteiger partial charge in [-0.1, -0.05) is 36.4 Å². The minimum atomic E-state index is -0.469. The molecule has 0 bridgehead atoms. The first-order valence-corrected chi connectivity index (χ1v) is 8.22. The van der Waals surface area contributed by atoms with E-state index in [4.69, 9.17) is 10.2 Å². The lowest BCUT2D eigenvalue weighted by Crippen LogP contribution is -2.37. The van der Waals surface area contributed by atoms with Gasteiger partial charge in [-0.25, -0.2) is 9.18 Å². The Morgan fingerprint density at radius 3 is 2.56 bits per heavy atom. The van der Waals surface area contributed by atoms with Crippen molar-refractivity contribution in [2.75, 3.05) is 6.61 Å². The van der Waals surface area contributed by atoms with Crippen molar-refractivity contribution in [3.8, 4) is 0 Å². The molecule has 0 aliphatic heterocycles. The van der Waals surface area contributed by atoms with E-state index in [0.29, 0.717) is 18.4 Å². The number of rotatable bonds is 8. The molecule has 0 aliphatic rings. The molecule has 0 saturated carbocycles.